The number of hydrogen-bond acceptors (Lipinski definition) is 3. The van der Waals surface area contributed by atoms with Crippen molar-refractivity contribution >= 4 is 29.1 Å². The molecule has 1 N–H and O–H groups in total. The van der Waals surface area contributed by atoms with Gasteiger partial charge in [-0.15, -0.1) is 12.4 Å². The van der Waals surface area contributed by atoms with Crippen molar-refractivity contribution in [2.24, 2.45) is 0 Å². The highest BCUT2D eigenvalue weighted by Crippen LogP contribution is 2.35. The lowest BCUT2D eigenvalue weighted by Gasteiger charge is -2.31. The van der Waals surface area contributed by atoms with Crippen molar-refractivity contribution in [2.75, 3.05) is 11.4 Å². The Balaban J connectivity index is 0.00000231. The third kappa shape index (κ3) is 3.82. The monoisotopic (exact) mass is 433 g/mol. The van der Waals surface area contributed by atoms with Crippen LogP contribution in [0.4, 0.5) is 5.82 Å². The van der Waals surface area contributed by atoms with E-state index in [1.54, 1.807) is 0 Å². The number of benzene rings is 2. The second-order valence-corrected chi connectivity index (χ2v) is 8.21. The van der Waals surface area contributed by atoms with Gasteiger partial charge in [0.2, 0.25) is 0 Å². The Morgan fingerprint density at radius 3 is 2.42 bits per heavy atom. The number of halogens is 1. The lowest BCUT2D eigenvalue weighted by Crippen LogP contribution is -2.31. The first kappa shape index (κ1) is 21.4. The molecule has 0 radical (unpaired) electrons. The summed E-state index contributed by atoms with van der Waals surface area (Å²) in [6.07, 6.45) is 1.01. The van der Waals surface area contributed by atoms with Crippen LogP contribution in [0.25, 0.3) is 10.9 Å². The van der Waals surface area contributed by atoms with E-state index in [9.17, 15) is 5.11 Å². The summed E-state index contributed by atoms with van der Waals surface area (Å²) >= 11 is 0. The molecule has 1 aliphatic heterocycles. The molecule has 31 heavy (non-hydrogen) atoms. The number of rotatable bonds is 4. The molecule has 2 aromatic heterocycles. The van der Waals surface area contributed by atoms with Gasteiger partial charge in [-0.3, -0.25) is 0 Å². The molecule has 160 valence electrons. The van der Waals surface area contributed by atoms with E-state index in [1.165, 1.54) is 38.9 Å². The smallest absolute Gasteiger partial charge is 0.153 e. The molecule has 0 saturated heterocycles. The second-order valence-electron chi connectivity index (χ2n) is 8.21. The Labute approximate surface area is 189 Å². The topological polar surface area (TPSA) is 41.3 Å². The zero-order valence-electron chi connectivity index (χ0n) is 18.0. The van der Waals surface area contributed by atoms with E-state index in [4.69, 9.17) is 4.98 Å². The Hall–Kier alpha value is -2.82. The Kier molecular flexibility index (Phi) is 6.03. The van der Waals surface area contributed by atoms with Crippen molar-refractivity contribution in [3.63, 3.8) is 0 Å². The number of aliphatic hydroxyl groups excluding tert-OH is 1. The summed E-state index contributed by atoms with van der Waals surface area (Å²) in [4.78, 5) is 7.31. The highest BCUT2D eigenvalue weighted by atomic mass is 35.5. The number of fused-ring (bicyclic) bond motifs is 2. The van der Waals surface area contributed by atoms with E-state index in [-0.39, 0.29) is 19.0 Å². The number of aromatic nitrogens is 2. The average Bonchev–Trinajstić information content (AvgIpc) is 3.03. The molecule has 0 atom stereocenters. The van der Waals surface area contributed by atoms with E-state index in [2.05, 4.69) is 84.0 Å². The summed E-state index contributed by atoms with van der Waals surface area (Å²) in [7, 11) is 0. The predicted octanol–water partition coefficient (Wildman–Crippen LogP) is 5.18. The van der Waals surface area contributed by atoms with Gasteiger partial charge in [0, 0.05) is 30.7 Å². The van der Waals surface area contributed by atoms with Gasteiger partial charge in [0.15, 0.2) is 5.82 Å². The summed E-state index contributed by atoms with van der Waals surface area (Å²) in [5.41, 5.74) is 8.49. The Bertz CT molecular complexity index is 1220. The highest BCUT2D eigenvalue weighted by molar-refractivity contribution is 5.94. The van der Waals surface area contributed by atoms with Gasteiger partial charge in [-0.25, -0.2) is 4.98 Å². The fourth-order valence-electron chi connectivity index (χ4n) is 4.64. The molecule has 0 aliphatic carbocycles. The lowest BCUT2D eigenvalue weighted by molar-refractivity contribution is 0.277. The van der Waals surface area contributed by atoms with Crippen LogP contribution in [0.1, 0.15) is 33.6 Å². The van der Waals surface area contributed by atoms with Gasteiger partial charge >= 0.3 is 0 Å². The van der Waals surface area contributed by atoms with Crippen molar-refractivity contribution in [3.05, 3.63) is 94.3 Å². The second kappa shape index (κ2) is 8.74. The highest BCUT2D eigenvalue weighted by Gasteiger charge is 2.24. The minimum absolute atomic E-state index is 0. The zero-order chi connectivity index (χ0) is 20.7. The lowest BCUT2D eigenvalue weighted by atomic mass is 10.00. The van der Waals surface area contributed by atoms with Gasteiger partial charge in [-0.1, -0.05) is 54.6 Å². The number of aliphatic hydroxyl groups is 1. The summed E-state index contributed by atoms with van der Waals surface area (Å²) in [5.74, 6) is 0.984. The maximum Gasteiger partial charge on any atom is 0.153 e. The maximum atomic E-state index is 9.89. The SMILES string of the molecule is Cc1c(C)n(Cc2ccccc2)c2c(N3CCc4ccccc4C3)nc(CO)cc12.Cl. The first-order valence-corrected chi connectivity index (χ1v) is 10.6. The molecule has 4 nitrogen and oxygen atoms in total. The average molecular weight is 434 g/mol. The molecule has 2 aromatic carbocycles. The molecule has 0 unspecified atom stereocenters. The Morgan fingerprint density at radius 2 is 1.68 bits per heavy atom. The third-order valence-corrected chi connectivity index (χ3v) is 6.42. The summed E-state index contributed by atoms with van der Waals surface area (Å²) in [6, 6.07) is 21.3. The standard InChI is InChI=1S/C26H27N3O.ClH/c1-18-19(2)29(15-20-8-4-3-5-9-20)25-24(18)14-23(17-30)27-26(25)28-13-12-21-10-6-7-11-22(21)16-28;/h3-11,14,30H,12-13,15-17H2,1-2H3;1H. The van der Waals surface area contributed by atoms with Gasteiger partial charge in [-0.2, -0.15) is 0 Å². The van der Waals surface area contributed by atoms with Crippen LogP contribution < -0.4 is 4.90 Å². The Morgan fingerprint density at radius 1 is 0.968 bits per heavy atom. The number of aryl methyl sites for hydroxylation is 1. The molecule has 5 rings (SSSR count). The van der Waals surface area contributed by atoms with Crippen molar-refractivity contribution in [1.29, 1.82) is 0 Å². The number of nitrogens with zero attached hydrogens (tertiary/aromatic N) is 3. The van der Waals surface area contributed by atoms with Crippen LogP contribution in [0, 0.1) is 13.8 Å². The van der Waals surface area contributed by atoms with Crippen LogP contribution in [0.15, 0.2) is 60.7 Å². The third-order valence-electron chi connectivity index (χ3n) is 6.42. The molecular formula is C26H28ClN3O. The predicted molar refractivity (Wildman–Crippen MR) is 129 cm³/mol. The van der Waals surface area contributed by atoms with Crippen LogP contribution in [0.5, 0.6) is 0 Å². The number of hydrogen-bond donors (Lipinski definition) is 1. The van der Waals surface area contributed by atoms with E-state index in [0.717, 1.165) is 37.6 Å². The summed E-state index contributed by atoms with van der Waals surface area (Å²) < 4.78 is 2.39. The molecule has 0 fully saturated rings. The van der Waals surface area contributed by atoms with Gasteiger partial charge in [0.1, 0.15) is 0 Å². The molecule has 1 aliphatic rings. The quantitative estimate of drug-likeness (QED) is 0.482. The fourth-order valence-corrected chi connectivity index (χ4v) is 4.64. The molecule has 4 aromatic rings. The van der Waals surface area contributed by atoms with Crippen LogP contribution in [0.3, 0.4) is 0 Å². The van der Waals surface area contributed by atoms with Crippen molar-refractivity contribution < 1.29 is 5.11 Å². The van der Waals surface area contributed by atoms with Crippen LogP contribution in [-0.2, 0) is 26.1 Å². The first-order valence-electron chi connectivity index (χ1n) is 10.6. The van der Waals surface area contributed by atoms with Gasteiger partial charge < -0.3 is 14.6 Å². The minimum atomic E-state index is -0.0459. The molecule has 0 saturated carbocycles. The first-order chi connectivity index (χ1) is 14.7. The van der Waals surface area contributed by atoms with E-state index in [0.29, 0.717) is 0 Å². The minimum Gasteiger partial charge on any atom is -0.390 e. The van der Waals surface area contributed by atoms with Crippen LogP contribution >= 0.6 is 12.4 Å². The van der Waals surface area contributed by atoms with E-state index >= 15 is 0 Å². The van der Waals surface area contributed by atoms with Crippen molar-refractivity contribution in [2.45, 2.75) is 40.0 Å². The normalized spacial score (nSPS) is 13.2. The number of anilines is 1. The molecule has 0 amide bonds. The van der Waals surface area contributed by atoms with Crippen molar-refractivity contribution in [1.82, 2.24) is 9.55 Å². The maximum absolute atomic E-state index is 9.89. The van der Waals surface area contributed by atoms with E-state index in [1.807, 2.05) is 0 Å². The largest absolute Gasteiger partial charge is 0.390 e. The fraction of sp³-hybridized carbons (Fsp3) is 0.269. The van der Waals surface area contributed by atoms with Crippen LogP contribution in [-0.4, -0.2) is 21.2 Å². The van der Waals surface area contributed by atoms with Crippen LogP contribution in [0.2, 0.25) is 0 Å². The summed E-state index contributed by atoms with van der Waals surface area (Å²) in [5, 5.41) is 11.1. The van der Waals surface area contributed by atoms with Crippen molar-refractivity contribution in [3.8, 4) is 0 Å². The van der Waals surface area contributed by atoms with Gasteiger partial charge in [-0.05, 0) is 48.6 Å². The van der Waals surface area contributed by atoms with E-state index < -0.39 is 0 Å². The molecule has 0 bridgehead atoms. The molecule has 0 spiro atoms. The molecule has 5 heteroatoms. The summed E-state index contributed by atoms with van der Waals surface area (Å²) in [6.45, 7) is 6.91. The van der Waals surface area contributed by atoms with Gasteiger partial charge in [0.05, 0.1) is 17.8 Å². The molecule has 3 heterocycles. The zero-order valence-corrected chi connectivity index (χ0v) is 18.8. The molecular weight excluding hydrogens is 406 g/mol. The van der Waals surface area contributed by atoms with Gasteiger partial charge in [0.25, 0.3) is 0 Å². The number of pyridine rings is 1.